The molecule has 4 rings (SSSR count). The zero-order chi connectivity index (χ0) is 20.8. The largest absolute Gasteiger partial charge is 0.507 e. The number of aliphatic hydroxyl groups is 1. The third-order valence-corrected chi connectivity index (χ3v) is 6.45. The maximum atomic E-state index is 12.7. The van der Waals surface area contributed by atoms with Gasteiger partial charge in [0, 0.05) is 31.1 Å². The molecule has 2 N–H and O–H groups in total. The van der Waals surface area contributed by atoms with Crippen molar-refractivity contribution >= 4 is 11.7 Å². The van der Waals surface area contributed by atoms with E-state index < -0.39 is 11.2 Å². The molecule has 2 heterocycles. The van der Waals surface area contributed by atoms with Gasteiger partial charge in [0.05, 0.1) is 12.0 Å². The molecule has 0 unspecified atom stereocenters. The average Bonchev–Trinajstić information content (AvgIpc) is 2.63. The van der Waals surface area contributed by atoms with Gasteiger partial charge in [0.25, 0.3) is 5.91 Å². The van der Waals surface area contributed by atoms with Crippen LogP contribution in [-0.4, -0.2) is 57.7 Å². The number of hydrogen-bond acceptors (Lipinski definition) is 6. The van der Waals surface area contributed by atoms with Gasteiger partial charge in [0.1, 0.15) is 28.4 Å². The lowest BCUT2D eigenvalue weighted by Gasteiger charge is -2.47. The van der Waals surface area contributed by atoms with E-state index in [1.807, 2.05) is 13.8 Å². The average molecular weight is 403 g/mol. The fraction of sp³-hybridized carbons (Fsp3) is 0.636. The van der Waals surface area contributed by atoms with Crippen LogP contribution in [-0.2, 0) is 4.79 Å². The number of ether oxygens (including phenoxy) is 2. The summed E-state index contributed by atoms with van der Waals surface area (Å²) < 4.78 is 11.4. The Balaban J connectivity index is 1.41. The van der Waals surface area contributed by atoms with E-state index in [1.54, 1.807) is 11.0 Å². The van der Waals surface area contributed by atoms with Gasteiger partial charge in [-0.05, 0) is 33.1 Å². The minimum Gasteiger partial charge on any atom is -0.507 e. The van der Waals surface area contributed by atoms with E-state index in [4.69, 9.17) is 9.47 Å². The zero-order valence-corrected chi connectivity index (χ0v) is 17.1. The van der Waals surface area contributed by atoms with Crippen molar-refractivity contribution in [3.63, 3.8) is 0 Å². The Morgan fingerprint density at radius 3 is 2.90 bits per heavy atom. The normalized spacial score (nSPS) is 28.2. The van der Waals surface area contributed by atoms with Gasteiger partial charge in [0.2, 0.25) is 0 Å². The molecule has 0 bridgehead atoms. The lowest BCUT2D eigenvalue weighted by molar-refractivity contribution is -0.145. The zero-order valence-electron chi connectivity index (χ0n) is 17.1. The standard InChI is InChI=1S/C22H29NO6/c1-21(2)11-17(25)20-16(24)9-15(10-18(20)29-21)28-13-19(26)23-8-7-22(27)6-4-3-5-14(22)12-23/h9-10,14,24,27H,3-8,11-13H2,1-2H3/t14-,22+/m1/s1. The summed E-state index contributed by atoms with van der Waals surface area (Å²) in [7, 11) is 0. The van der Waals surface area contributed by atoms with Gasteiger partial charge in [0.15, 0.2) is 12.4 Å². The number of fused-ring (bicyclic) bond motifs is 2. The Bertz CT molecular complexity index is 835. The highest BCUT2D eigenvalue weighted by atomic mass is 16.5. The van der Waals surface area contributed by atoms with E-state index in [1.165, 1.54) is 6.07 Å². The van der Waals surface area contributed by atoms with E-state index >= 15 is 0 Å². The van der Waals surface area contributed by atoms with E-state index in [9.17, 15) is 19.8 Å². The second-order valence-electron chi connectivity index (χ2n) is 9.20. The van der Waals surface area contributed by atoms with Crippen LogP contribution in [0.3, 0.4) is 0 Å². The first-order valence-electron chi connectivity index (χ1n) is 10.4. The summed E-state index contributed by atoms with van der Waals surface area (Å²) in [5, 5.41) is 21.0. The molecule has 1 aliphatic carbocycles. The molecule has 7 heteroatoms. The SMILES string of the molecule is CC1(C)CC(=O)c2c(O)cc(OCC(=O)N3CC[C@@]4(O)CCCC[C@@H]4C3)cc2O1. The number of likely N-dealkylation sites (tertiary alicyclic amines) is 1. The van der Waals surface area contributed by atoms with Crippen LogP contribution in [0.5, 0.6) is 17.2 Å². The van der Waals surface area contributed by atoms with Crippen molar-refractivity contribution in [1.82, 2.24) is 4.90 Å². The molecule has 1 amide bonds. The minimum atomic E-state index is -0.657. The summed E-state index contributed by atoms with van der Waals surface area (Å²) in [6.45, 7) is 4.53. The fourth-order valence-corrected chi connectivity index (χ4v) is 4.86. The van der Waals surface area contributed by atoms with Crippen molar-refractivity contribution in [2.45, 2.75) is 63.6 Å². The summed E-state index contributed by atoms with van der Waals surface area (Å²) in [5.74, 6) is 0.168. The molecule has 7 nitrogen and oxygen atoms in total. The third-order valence-electron chi connectivity index (χ3n) is 6.45. The van der Waals surface area contributed by atoms with Gasteiger partial charge >= 0.3 is 0 Å². The number of nitrogens with zero attached hydrogens (tertiary/aromatic N) is 1. The van der Waals surface area contributed by atoms with Crippen LogP contribution in [0.2, 0.25) is 0 Å². The van der Waals surface area contributed by atoms with Crippen molar-refractivity contribution in [3.8, 4) is 17.2 Å². The lowest BCUT2D eigenvalue weighted by atomic mass is 9.71. The van der Waals surface area contributed by atoms with Crippen LogP contribution in [0.15, 0.2) is 12.1 Å². The molecule has 29 heavy (non-hydrogen) atoms. The molecule has 2 aliphatic heterocycles. The number of phenolic OH excluding ortho intramolecular Hbond substituents is 1. The van der Waals surface area contributed by atoms with E-state index in [2.05, 4.69) is 0 Å². The molecule has 3 aliphatic rings. The fourth-order valence-electron chi connectivity index (χ4n) is 4.86. The van der Waals surface area contributed by atoms with Gasteiger partial charge in [-0.1, -0.05) is 12.8 Å². The Morgan fingerprint density at radius 2 is 2.10 bits per heavy atom. The Kier molecular flexibility index (Phi) is 4.97. The molecule has 158 valence electrons. The molecular weight excluding hydrogens is 374 g/mol. The van der Waals surface area contributed by atoms with Crippen molar-refractivity contribution in [2.24, 2.45) is 5.92 Å². The number of piperidine rings is 1. The number of Topliss-reactive ketones (excluding diaryl/α,β-unsaturated/α-hetero) is 1. The van der Waals surface area contributed by atoms with Gasteiger partial charge in [-0.15, -0.1) is 0 Å². The second-order valence-corrected chi connectivity index (χ2v) is 9.20. The first-order valence-corrected chi connectivity index (χ1v) is 10.4. The number of rotatable bonds is 3. The van der Waals surface area contributed by atoms with E-state index in [0.29, 0.717) is 19.5 Å². The molecule has 0 spiro atoms. The summed E-state index contributed by atoms with van der Waals surface area (Å²) in [4.78, 5) is 26.7. The molecule has 0 aromatic heterocycles. The van der Waals surface area contributed by atoms with Gasteiger partial charge in [-0.2, -0.15) is 0 Å². The number of ketones is 1. The number of carbonyl (C=O) groups excluding carboxylic acids is 2. The predicted molar refractivity (Wildman–Crippen MR) is 105 cm³/mol. The molecular formula is C22H29NO6. The van der Waals surface area contributed by atoms with Crippen LogP contribution >= 0.6 is 0 Å². The van der Waals surface area contributed by atoms with Crippen molar-refractivity contribution in [2.75, 3.05) is 19.7 Å². The summed E-state index contributed by atoms with van der Waals surface area (Å²) in [6, 6.07) is 2.90. The minimum absolute atomic E-state index is 0.128. The van der Waals surface area contributed by atoms with Gasteiger partial charge in [-0.3, -0.25) is 9.59 Å². The number of benzene rings is 1. The molecule has 1 saturated carbocycles. The number of carbonyl (C=O) groups is 2. The Labute approximate surface area is 170 Å². The maximum Gasteiger partial charge on any atom is 0.260 e. The predicted octanol–water partition coefficient (Wildman–Crippen LogP) is 2.67. The van der Waals surface area contributed by atoms with E-state index in [0.717, 1.165) is 25.7 Å². The van der Waals surface area contributed by atoms with Crippen LogP contribution < -0.4 is 9.47 Å². The Morgan fingerprint density at radius 1 is 1.31 bits per heavy atom. The highest BCUT2D eigenvalue weighted by Crippen LogP contribution is 2.41. The molecule has 1 aromatic rings. The van der Waals surface area contributed by atoms with Gasteiger partial charge in [-0.25, -0.2) is 0 Å². The summed E-state index contributed by atoms with van der Waals surface area (Å²) >= 11 is 0. The summed E-state index contributed by atoms with van der Waals surface area (Å²) in [6.07, 6.45) is 4.70. The molecule has 0 radical (unpaired) electrons. The number of amides is 1. The maximum absolute atomic E-state index is 12.7. The van der Waals surface area contributed by atoms with Crippen molar-refractivity contribution in [1.29, 1.82) is 0 Å². The smallest absolute Gasteiger partial charge is 0.260 e. The molecule has 1 aromatic carbocycles. The van der Waals surface area contributed by atoms with Crippen molar-refractivity contribution in [3.05, 3.63) is 17.7 Å². The number of phenols is 1. The highest BCUT2D eigenvalue weighted by molar-refractivity contribution is 6.03. The molecule has 2 atom stereocenters. The first-order chi connectivity index (χ1) is 13.7. The van der Waals surface area contributed by atoms with Crippen LogP contribution in [0, 0.1) is 5.92 Å². The third kappa shape index (κ3) is 3.92. The van der Waals surface area contributed by atoms with Crippen LogP contribution in [0.1, 0.15) is 62.7 Å². The van der Waals surface area contributed by atoms with Crippen LogP contribution in [0.25, 0.3) is 0 Å². The first kappa shape index (κ1) is 20.0. The number of aromatic hydroxyl groups is 1. The molecule has 2 fully saturated rings. The second kappa shape index (κ2) is 7.20. The quantitative estimate of drug-likeness (QED) is 0.806. The van der Waals surface area contributed by atoms with Crippen molar-refractivity contribution < 1.29 is 29.3 Å². The van der Waals surface area contributed by atoms with Crippen LogP contribution in [0.4, 0.5) is 0 Å². The Hall–Kier alpha value is -2.28. The lowest BCUT2D eigenvalue weighted by Crippen LogP contribution is -2.55. The molecule has 1 saturated heterocycles. The van der Waals surface area contributed by atoms with Gasteiger partial charge < -0.3 is 24.6 Å². The van der Waals surface area contributed by atoms with E-state index in [-0.39, 0.29) is 53.4 Å². The summed E-state index contributed by atoms with van der Waals surface area (Å²) in [5.41, 5.74) is -1.12. The monoisotopic (exact) mass is 403 g/mol. The highest BCUT2D eigenvalue weighted by Gasteiger charge is 2.43. The number of hydrogen-bond donors (Lipinski definition) is 2. The topological polar surface area (TPSA) is 96.3 Å².